The van der Waals surface area contributed by atoms with Gasteiger partial charge in [0.15, 0.2) is 0 Å². The lowest BCUT2D eigenvalue weighted by atomic mass is 10.1. The molecule has 0 amide bonds. The van der Waals surface area contributed by atoms with Crippen LogP contribution in [0.4, 0.5) is 5.69 Å². The van der Waals surface area contributed by atoms with Gasteiger partial charge in [0, 0.05) is 11.1 Å². The molecule has 2 rings (SSSR count). The predicted molar refractivity (Wildman–Crippen MR) is 70.0 cm³/mol. The second-order valence-corrected chi connectivity index (χ2v) is 4.38. The summed E-state index contributed by atoms with van der Waals surface area (Å²) in [5.74, 6) is 0. The lowest BCUT2D eigenvalue weighted by Crippen LogP contribution is -1.96. The van der Waals surface area contributed by atoms with E-state index in [4.69, 9.17) is 28.9 Å². The van der Waals surface area contributed by atoms with E-state index in [0.717, 1.165) is 5.56 Å². The van der Waals surface area contributed by atoms with E-state index < -0.39 is 0 Å². The largest absolute Gasteiger partial charge is 0.397 e. The Hall–Kier alpha value is -1.29. The van der Waals surface area contributed by atoms with Crippen molar-refractivity contribution in [1.82, 2.24) is 4.98 Å². The Bertz CT molecular complexity index is 558. The molecular formula is C12H10Cl2N2O. The van der Waals surface area contributed by atoms with Crippen LogP contribution in [0.5, 0.6) is 0 Å². The molecule has 0 bridgehead atoms. The maximum atomic E-state index is 9.27. The van der Waals surface area contributed by atoms with Crippen molar-refractivity contribution >= 4 is 28.9 Å². The van der Waals surface area contributed by atoms with Crippen LogP contribution in [-0.2, 0) is 6.61 Å². The molecule has 0 unspecified atom stereocenters. The van der Waals surface area contributed by atoms with Crippen LogP contribution >= 0.6 is 23.2 Å². The zero-order valence-corrected chi connectivity index (χ0v) is 10.3. The van der Waals surface area contributed by atoms with Gasteiger partial charge in [-0.15, -0.1) is 0 Å². The highest BCUT2D eigenvalue weighted by atomic mass is 35.5. The minimum Gasteiger partial charge on any atom is -0.397 e. The molecule has 5 heteroatoms. The van der Waals surface area contributed by atoms with Crippen LogP contribution in [0.25, 0.3) is 11.3 Å². The Morgan fingerprint density at radius 2 is 1.94 bits per heavy atom. The summed E-state index contributed by atoms with van der Waals surface area (Å²) in [5.41, 5.74) is 8.23. The van der Waals surface area contributed by atoms with Gasteiger partial charge in [0.1, 0.15) is 0 Å². The third-order valence-corrected chi connectivity index (χ3v) is 3.09. The molecule has 88 valence electrons. The molecule has 0 radical (unpaired) electrons. The first-order valence-electron chi connectivity index (χ1n) is 4.92. The van der Waals surface area contributed by atoms with Gasteiger partial charge in [-0.3, -0.25) is 4.98 Å². The van der Waals surface area contributed by atoms with Crippen molar-refractivity contribution in [3.05, 3.63) is 46.1 Å². The second kappa shape index (κ2) is 4.92. The molecule has 0 saturated heterocycles. The molecule has 1 aromatic carbocycles. The van der Waals surface area contributed by atoms with Crippen molar-refractivity contribution in [1.29, 1.82) is 0 Å². The van der Waals surface area contributed by atoms with Crippen molar-refractivity contribution in [2.45, 2.75) is 6.61 Å². The van der Waals surface area contributed by atoms with Crippen LogP contribution < -0.4 is 5.73 Å². The van der Waals surface area contributed by atoms with Gasteiger partial charge in [-0.2, -0.15) is 0 Å². The van der Waals surface area contributed by atoms with Crippen LogP contribution in [-0.4, -0.2) is 10.1 Å². The topological polar surface area (TPSA) is 59.1 Å². The molecule has 3 N–H and O–H groups in total. The van der Waals surface area contributed by atoms with Crippen LogP contribution in [0.1, 0.15) is 5.56 Å². The van der Waals surface area contributed by atoms with Crippen molar-refractivity contribution < 1.29 is 5.11 Å². The maximum Gasteiger partial charge on any atom is 0.0759 e. The van der Waals surface area contributed by atoms with Crippen molar-refractivity contribution in [3.63, 3.8) is 0 Å². The van der Waals surface area contributed by atoms with E-state index in [0.29, 0.717) is 27.0 Å². The molecule has 0 fully saturated rings. The van der Waals surface area contributed by atoms with Gasteiger partial charge in [-0.25, -0.2) is 0 Å². The number of rotatable bonds is 2. The minimum absolute atomic E-state index is 0.131. The summed E-state index contributed by atoms with van der Waals surface area (Å²) >= 11 is 11.8. The highest BCUT2D eigenvalue weighted by molar-refractivity contribution is 6.42. The molecule has 2 aromatic rings. The maximum absolute atomic E-state index is 9.27. The molecule has 0 aliphatic heterocycles. The number of benzene rings is 1. The number of pyridine rings is 1. The number of nitrogens with two attached hydrogens (primary N) is 1. The molecule has 17 heavy (non-hydrogen) atoms. The SMILES string of the molecule is Nc1cnc(-c2ccc(Cl)c(Cl)c2)c(CO)c1. The number of anilines is 1. The number of hydrogen-bond acceptors (Lipinski definition) is 3. The number of nitrogen functional groups attached to an aromatic ring is 1. The summed E-state index contributed by atoms with van der Waals surface area (Å²) < 4.78 is 0. The average Bonchev–Trinajstić information content (AvgIpc) is 2.32. The summed E-state index contributed by atoms with van der Waals surface area (Å²) in [6.45, 7) is -0.131. The Morgan fingerprint density at radius 1 is 1.18 bits per heavy atom. The van der Waals surface area contributed by atoms with Gasteiger partial charge >= 0.3 is 0 Å². The summed E-state index contributed by atoms with van der Waals surface area (Å²) in [6, 6.07) is 6.89. The standard InChI is InChI=1S/C12H10Cl2N2O/c13-10-2-1-7(4-11(10)14)12-8(6-17)3-9(15)5-16-12/h1-5,17H,6,15H2. The molecule has 0 aliphatic rings. The lowest BCUT2D eigenvalue weighted by molar-refractivity contribution is 0.282. The Balaban J connectivity index is 2.55. The molecule has 0 atom stereocenters. The monoisotopic (exact) mass is 268 g/mol. The quantitative estimate of drug-likeness (QED) is 0.880. The molecule has 0 saturated carbocycles. The third kappa shape index (κ3) is 2.52. The van der Waals surface area contributed by atoms with E-state index in [-0.39, 0.29) is 6.61 Å². The normalized spacial score (nSPS) is 10.5. The van der Waals surface area contributed by atoms with E-state index >= 15 is 0 Å². The van der Waals surface area contributed by atoms with E-state index in [1.807, 2.05) is 0 Å². The zero-order valence-electron chi connectivity index (χ0n) is 8.82. The van der Waals surface area contributed by atoms with Gasteiger partial charge < -0.3 is 10.8 Å². The fourth-order valence-electron chi connectivity index (χ4n) is 1.55. The zero-order chi connectivity index (χ0) is 12.4. The summed E-state index contributed by atoms with van der Waals surface area (Å²) in [4.78, 5) is 4.20. The van der Waals surface area contributed by atoms with Crippen LogP contribution in [0.15, 0.2) is 30.5 Å². The first-order chi connectivity index (χ1) is 8.11. The number of aliphatic hydroxyl groups excluding tert-OH is 1. The first kappa shape index (κ1) is 12.2. The number of nitrogens with zero attached hydrogens (tertiary/aromatic N) is 1. The predicted octanol–water partition coefficient (Wildman–Crippen LogP) is 3.13. The number of hydrogen-bond donors (Lipinski definition) is 2. The summed E-state index contributed by atoms with van der Waals surface area (Å²) in [5, 5.41) is 10.2. The van der Waals surface area contributed by atoms with Crippen LogP contribution in [0.3, 0.4) is 0 Å². The number of aliphatic hydroxyl groups is 1. The van der Waals surface area contributed by atoms with E-state index in [1.54, 1.807) is 24.3 Å². The van der Waals surface area contributed by atoms with E-state index in [2.05, 4.69) is 4.98 Å². The van der Waals surface area contributed by atoms with Gasteiger partial charge in [-0.1, -0.05) is 29.3 Å². The highest BCUT2D eigenvalue weighted by Gasteiger charge is 2.08. The fraction of sp³-hybridized carbons (Fsp3) is 0.0833. The Morgan fingerprint density at radius 3 is 2.59 bits per heavy atom. The smallest absolute Gasteiger partial charge is 0.0759 e. The van der Waals surface area contributed by atoms with Gasteiger partial charge in [0.2, 0.25) is 0 Å². The van der Waals surface area contributed by atoms with Gasteiger partial charge in [0.05, 0.1) is 34.2 Å². The Kier molecular flexibility index (Phi) is 3.52. The van der Waals surface area contributed by atoms with Crippen LogP contribution in [0.2, 0.25) is 10.0 Å². The molecule has 1 aromatic heterocycles. The molecule has 0 spiro atoms. The number of halogens is 2. The van der Waals surface area contributed by atoms with Gasteiger partial charge in [0.25, 0.3) is 0 Å². The fourth-order valence-corrected chi connectivity index (χ4v) is 1.85. The lowest BCUT2D eigenvalue weighted by Gasteiger charge is -2.08. The van der Waals surface area contributed by atoms with Crippen LogP contribution in [0, 0.1) is 0 Å². The van der Waals surface area contributed by atoms with E-state index in [9.17, 15) is 5.11 Å². The van der Waals surface area contributed by atoms with E-state index in [1.165, 1.54) is 6.20 Å². The van der Waals surface area contributed by atoms with Crippen molar-refractivity contribution in [2.75, 3.05) is 5.73 Å². The van der Waals surface area contributed by atoms with Crippen molar-refractivity contribution in [2.24, 2.45) is 0 Å². The second-order valence-electron chi connectivity index (χ2n) is 3.56. The van der Waals surface area contributed by atoms with Crippen molar-refractivity contribution in [3.8, 4) is 11.3 Å². The minimum atomic E-state index is -0.131. The number of aromatic nitrogens is 1. The summed E-state index contributed by atoms with van der Waals surface area (Å²) in [7, 11) is 0. The molecule has 1 heterocycles. The molecule has 3 nitrogen and oxygen atoms in total. The highest BCUT2D eigenvalue weighted by Crippen LogP contribution is 2.29. The third-order valence-electron chi connectivity index (χ3n) is 2.35. The molecule has 0 aliphatic carbocycles. The summed E-state index contributed by atoms with van der Waals surface area (Å²) in [6.07, 6.45) is 1.54. The average molecular weight is 269 g/mol. The van der Waals surface area contributed by atoms with Gasteiger partial charge in [-0.05, 0) is 18.2 Å². The Labute approximate surface area is 109 Å². The first-order valence-corrected chi connectivity index (χ1v) is 5.68. The molecular weight excluding hydrogens is 259 g/mol.